The molecule has 3 rings (SSSR count). The zero-order valence-electron chi connectivity index (χ0n) is 18.5. The number of nitrogens with zero attached hydrogens (tertiary/aromatic N) is 1. The first-order valence-electron chi connectivity index (χ1n) is 10.4. The van der Waals surface area contributed by atoms with E-state index in [1.807, 2.05) is 20.8 Å². The monoisotopic (exact) mass is 492 g/mol. The third-order valence-electron chi connectivity index (χ3n) is 5.22. The number of nitrogens with two attached hydrogens (primary N) is 1. The molecule has 0 bridgehead atoms. The van der Waals surface area contributed by atoms with Crippen LogP contribution in [0.1, 0.15) is 44.4 Å². The molecule has 3 N–H and O–H groups in total. The number of halogens is 2. The van der Waals surface area contributed by atoms with E-state index in [1.54, 1.807) is 47.4 Å². The van der Waals surface area contributed by atoms with E-state index in [4.69, 9.17) is 38.8 Å². The number of carbonyl (C=O) groups is 3. The molecule has 176 valence electrons. The maximum atomic E-state index is 13.7. The van der Waals surface area contributed by atoms with Crippen LogP contribution in [0.5, 0.6) is 0 Å². The second kappa shape index (κ2) is 9.81. The van der Waals surface area contributed by atoms with Crippen LogP contribution in [-0.4, -0.2) is 41.5 Å². The Kier molecular flexibility index (Phi) is 7.49. The van der Waals surface area contributed by atoms with E-state index in [0.29, 0.717) is 33.4 Å². The number of hydrogen-bond donors (Lipinski definition) is 2. The van der Waals surface area contributed by atoms with Crippen LogP contribution in [0, 0.1) is 5.41 Å². The van der Waals surface area contributed by atoms with Gasteiger partial charge in [-0.25, -0.2) is 0 Å². The smallest absolute Gasteiger partial charge is 0.328 e. The molecule has 1 aliphatic rings. The maximum absolute atomic E-state index is 13.7. The molecule has 7 nitrogen and oxygen atoms in total. The Morgan fingerprint density at radius 1 is 1.15 bits per heavy atom. The molecule has 9 heteroatoms. The second-order valence-electron chi connectivity index (χ2n) is 9.20. The number of Topliss-reactive ketones (excluding diaryl/α,β-unsaturated/α-hetero) is 1. The van der Waals surface area contributed by atoms with Gasteiger partial charge in [0.15, 0.2) is 11.8 Å². The number of rotatable bonds is 6. The van der Waals surface area contributed by atoms with Crippen molar-refractivity contribution >= 4 is 46.5 Å². The van der Waals surface area contributed by atoms with Gasteiger partial charge in [-0.3, -0.25) is 14.4 Å². The minimum Gasteiger partial charge on any atom is -0.480 e. The molecule has 0 saturated heterocycles. The normalized spacial score (nSPS) is 19.6. The first-order valence-corrected chi connectivity index (χ1v) is 11.2. The van der Waals surface area contributed by atoms with Crippen LogP contribution in [0.4, 0.5) is 5.69 Å². The van der Waals surface area contributed by atoms with Gasteiger partial charge in [-0.2, -0.15) is 0 Å². The van der Waals surface area contributed by atoms with Crippen molar-refractivity contribution in [2.45, 2.75) is 45.4 Å². The highest BCUT2D eigenvalue weighted by Gasteiger charge is 2.40. The molecule has 0 spiro atoms. The van der Waals surface area contributed by atoms with Gasteiger partial charge in [0.25, 0.3) is 5.91 Å². The summed E-state index contributed by atoms with van der Waals surface area (Å²) in [6, 6.07) is 10.4. The predicted octanol–water partition coefficient (Wildman–Crippen LogP) is 4.23. The molecule has 0 saturated carbocycles. The highest BCUT2D eigenvalue weighted by atomic mass is 35.5. The lowest BCUT2D eigenvalue weighted by Crippen LogP contribution is -2.47. The lowest BCUT2D eigenvalue weighted by Gasteiger charge is -2.31. The molecule has 3 atom stereocenters. The van der Waals surface area contributed by atoms with E-state index in [2.05, 4.69) is 0 Å². The molecule has 0 aromatic heterocycles. The van der Waals surface area contributed by atoms with Gasteiger partial charge in [0, 0.05) is 39.8 Å². The van der Waals surface area contributed by atoms with Gasteiger partial charge < -0.3 is 20.5 Å². The summed E-state index contributed by atoms with van der Waals surface area (Å²) in [5.41, 5.74) is 7.01. The molecule has 0 radical (unpaired) electrons. The Hall–Kier alpha value is -2.45. The molecule has 2 aromatic carbocycles. The standard InChI is InChI=1S/C24H26Cl2N2O5/c1-24(2,3)12-28-17-9-8-13(25)10-15(17)21(14-6-4-5-7-16(14)26)33-19(22(28)30)11-18(29)20(27)23(31)32/h4-10,19-21H,11-12,27H2,1-3H3,(H,31,32). The van der Waals surface area contributed by atoms with Crippen molar-refractivity contribution in [3.05, 3.63) is 63.6 Å². The summed E-state index contributed by atoms with van der Waals surface area (Å²) < 4.78 is 6.21. The number of aliphatic carboxylic acids is 1. The number of amides is 1. The van der Waals surface area contributed by atoms with Crippen LogP contribution in [0.3, 0.4) is 0 Å². The van der Waals surface area contributed by atoms with Gasteiger partial charge in [-0.15, -0.1) is 0 Å². The van der Waals surface area contributed by atoms with Crippen LogP contribution in [0.15, 0.2) is 42.5 Å². The van der Waals surface area contributed by atoms with Crippen LogP contribution < -0.4 is 10.6 Å². The fraction of sp³-hybridized carbons (Fsp3) is 0.375. The number of ketones is 1. The first-order chi connectivity index (χ1) is 15.4. The Labute approximate surface area is 202 Å². The highest BCUT2D eigenvalue weighted by molar-refractivity contribution is 6.31. The first kappa shape index (κ1) is 25.2. The summed E-state index contributed by atoms with van der Waals surface area (Å²) in [7, 11) is 0. The highest BCUT2D eigenvalue weighted by Crippen LogP contribution is 2.42. The lowest BCUT2D eigenvalue weighted by atomic mass is 9.94. The van der Waals surface area contributed by atoms with Crippen molar-refractivity contribution in [2.75, 3.05) is 11.4 Å². The van der Waals surface area contributed by atoms with Gasteiger partial charge in [-0.05, 0) is 29.7 Å². The Morgan fingerprint density at radius 3 is 2.42 bits per heavy atom. The second-order valence-corrected chi connectivity index (χ2v) is 10.0. The number of hydrogen-bond acceptors (Lipinski definition) is 5. The van der Waals surface area contributed by atoms with E-state index in [1.165, 1.54) is 0 Å². The fourth-order valence-electron chi connectivity index (χ4n) is 3.72. The molecule has 0 aliphatic carbocycles. The SMILES string of the molecule is CC(C)(C)CN1C(=O)C(CC(=O)C(N)C(=O)O)OC(c2ccccc2Cl)c2cc(Cl)ccc21. The zero-order valence-corrected chi connectivity index (χ0v) is 20.1. The summed E-state index contributed by atoms with van der Waals surface area (Å²) in [6.07, 6.45) is -2.58. The average Bonchev–Trinajstić information content (AvgIpc) is 2.83. The number of ether oxygens (including phenoxy) is 1. The number of carboxylic acid groups (broad SMARTS) is 1. The predicted molar refractivity (Wildman–Crippen MR) is 127 cm³/mol. The van der Waals surface area contributed by atoms with E-state index in [0.717, 1.165) is 0 Å². The van der Waals surface area contributed by atoms with Crippen molar-refractivity contribution in [2.24, 2.45) is 11.1 Å². The van der Waals surface area contributed by atoms with Crippen LogP contribution in [0.2, 0.25) is 10.0 Å². The van der Waals surface area contributed by atoms with E-state index in [-0.39, 0.29) is 5.41 Å². The number of anilines is 1. The summed E-state index contributed by atoms with van der Waals surface area (Å²) in [6.45, 7) is 6.27. The largest absolute Gasteiger partial charge is 0.480 e. The molecular formula is C24H26Cl2N2O5. The van der Waals surface area contributed by atoms with E-state index < -0.39 is 42.3 Å². The van der Waals surface area contributed by atoms with E-state index >= 15 is 0 Å². The van der Waals surface area contributed by atoms with Crippen molar-refractivity contribution in [1.29, 1.82) is 0 Å². The van der Waals surface area contributed by atoms with Crippen LogP contribution >= 0.6 is 23.2 Å². The average molecular weight is 493 g/mol. The van der Waals surface area contributed by atoms with Crippen molar-refractivity contribution < 1.29 is 24.2 Å². The Bertz CT molecular complexity index is 1080. The Balaban J connectivity index is 2.17. The van der Waals surface area contributed by atoms with Gasteiger partial charge in [-0.1, -0.05) is 62.2 Å². The molecular weight excluding hydrogens is 467 g/mol. The zero-order chi connectivity index (χ0) is 24.5. The van der Waals surface area contributed by atoms with E-state index in [9.17, 15) is 14.4 Å². The maximum Gasteiger partial charge on any atom is 0.328 e. The number of benzene rings is 2. The number of fused-ring (bicyclic) bond motifs is 1. The quantitative estimate of drug-likeness (QED) is 0.583. The molecule has 1 amide bonds. The summed E-state index contributed by atoms with van der Waals surface area (Å²) in [4.78, 5) is 39.0. The minimum absolute atomic E-state index is 0.289. The van der Waals surface area contributed by atoms with Gasteiger partial charge >= 0.3 is 5.97 Å². The molecule has 1 aliphatic heterocycles. The third kappa shape index (κ3) is 5.73. The minimum atomic E-state index is -1.75. The van der Waals surface area contributed by atoms with Crippen LogP contribution in [-0.2, 0) is 19.1 Å². The third-order valence-corrected chi connectivity index (χ3v) is 5.80. The molecule has 0 fully saturated rings. The number of carbonyl (C=O) groups excluding carboxylic acids is 2. The van der Waals surface area contributed by atoms with Crippen LogP contribution in [0.25, 0.3) is 0 Å². The lowest BCUT2D eigenvalue weighted by molar-refractivity contribution is -0.145. The summed E-state index contributed by atoms with van der Waals surface area (Å²) in [5.74, 6) is -2.74. The van der Waals surface area contributed by atoms with Crippen molar-refractivity contribution in [3.8, 4) is 0 Å². The van der Waals surface area contributed by atoms with Crippen molar-refractivity contribution in [3.63, 3.8) is 0 Å². The molecule has 33 heavy (non-hydrogen) atoms. The molecule has 2 aromatic rings. The summed E-state index contributed by atoms with van der Waals surface area (Å²) >= 11 is 12.8. The molecule has 1 heterocycles. The Morgan fingerprint density at radius 2 is 1.82 bits per heavy atom. The number of carboxylic acids is 1. The van der Waals surface area contributed by atoms with Gasteiger partial charge in [0.2, 0.25) is 0 Å². The summed E-state index contributed by atoms with van der Waals surface area (Å²) in [5, 5.41) is 9.99. The molecule has 3 unspecified atom stereocenters. The topological polar surface area (TPSA) is 110 Å². The van der Waals surface area contributed by atoms with Gasteiger partial charge in [0.1, 0.15) is 12.2 Å². The fourth-order valence-corrected chi connectivity index (χ4v) is 4.13. The van der Waals surface area contributed by atoms with Crippen molar-refractivity contribution in [1.82, 2.24) is 0 Å². The van der Waals surface area contributed by atoms with Gasteiger partial charge in [0.05, 0.1) is 0 Å².